The molecule has 29 heavy (non-hydrogen) atoms. The van der Waals surface area contributed by atoms with Crippen LogP contribution in [0.4, 0.5) is 0 Å². The van der Waals surface area contributed by atoms with E-state index in [0.29, 0.717) is 0 Å². The molecule has 0 fully saturated rings. The molecule has 0 heterocycles. The summed E-state index contributed by atoms with van der Waals surface area (Å²) < 4.78 is 5.66. The highest BCUT2D eigenvalue weighted by molar-refractivity contribution is 7.71. The van der Waals surface area contributed by atoms with E-state index >= 15 is 0 Å². The summed E-state index contributed by atoms with van der Waals surface area (Å²) in [6.07, 6.45) is 31.8. The van der Waals surface area contributed by atoms with E-state index in [1.54, 1.807) is 0 Å². The summed E-state index contributed by atoms with van der Waals surface area (Å²) in [6, 6.07) is 0. The minimum Gasteiger partial charge on any atom is -0.176 e. The van der Waals surface area contributed by atoms with Gasteiger partial charge in [-0.15, -0.1) is 0 Å². The van der Waals surface area contributed by atoms with E-state index in [0.717, 1.165) is 0 Å². The van der Waals surface area contributed by atoms with Crippen molar-refractivity contribution in [3.8, 4) is 0 Å². The number of nitrogens with two attached hydrogens (primary N) is 1. The minimum absolute atomic E-state index is 1.17. The molecule has 0 aromatic heterocycles. The quantitative estimate of drug-likeness (QED) is 0.0939. The first-order valence-corrected chi connectivity index (χ1v) is 15.8. The number of unbranched alkanes of at least 4 members (excludes halogenated alkanes) is 18. The van der Waals surface area contributed by atoms with Gasteiger partial charge in [-0.3, -0.25) is 0 Å². The standard InChI is InChI=1S/C26H57NOP/c1-4-7-9-11-13-15-17-19-21-23-25-29(6-3,28-27)26-24-22-20-18-16-14-12-10-8-5-2/h4-27H2,1-3H3/q+1. The van der Waals surface area contributed by atoms with Crippen molar-refractivity contribution in [3.63, 3.8) is 0 Å². The fraction of sp³-hybridized carbons (Fsp3) is 1.00. The smallest absolute Gasteiger partial charge is 0.170 e. The lowest BCUT2D eigenvalue weighted by Crippen LogP contribution is -2.14. The summed E-state index contributed by atoms with van der Waals surface area (Å²) in [5, 5.41) is 0. The zero-order valence-electron chi connectivity index (χ0n) is 20.7. The van der Waals surface area contributed by atoms with Gasteiger partial charge in [-0.2, -0.15) is 10.5 Å². The molecule has 0 aromatic carbocycles. The van der Waals surface area contributed by atoms with Gasteiger partial charge in [-0.1, -0.05) is 117 Å². The highest BCUT2D eigenvalue weighted by Crippen LogP contribution is 2.59. The largest absolute Gasteiger partial charge is 0.176 e. The van der Waals surface area contributed by atoms with Crippen LogP contribution >= 0.6 is 7.49 Å². The van der Waals surface area contributed by atoms with E-state index in [4.69, 9.17) is 10.5 Å². The third-order valence-electron chi connectivity index (χ3n) is 6.64. The van der Waals surface area contributed by atoms with Gasteiger partial charge in [0.15, 0.2) is 7.49 Å². The molecular formula is C26H57NOP+. The van der Waals surface area contributed by atoms with Crippen molar-refractivity contribution in [2.75, 3.05) is 18.5 Å². The Morgan fingerprint density at radius 2 is 0.724 bits per heavy atom. The molecule has 0 spiro atoms. The second-order valence-corrected chi connectivity index (χ2v) is 13.1. The Morgan fingerprint density at radius 1 is 0.448 bits per heavy atom. The average Bonchev–Trinajstić information content (AvgIpc) is 2.75. The van der Waals surface area contributed by atoms with Gasteiger partial charge in [-0.25, -0.2) is 0 Å². The molecule has 2 N–H and O–H groups in total. The fourth-order valence-electron chi connectivity index (χ4n) is 4.38. The first-order valence-electron chi connectivity index (χ1n) is 13.5. The summed E-state index contributed by atoms with van der Waals surface area (Å²) >= 11 is 0. The van der Waals surface area contributed by atoms with Crippen molar-refractivity contribution in [1.29, 1.82) is 0 Å². The molecule has 0 atom stereocenters. The van der Waals surface area contributed by atoms with Crippen LogP contribution in [0.5, 0.6) is 0 Å². The summed E-state index contributed by atoms with van der Waals surface area (Å²) in [6.45, 7) is 6.88. The molecule has 2 nitrogen and oxygen atoms in total. The zero-order valence-corrected chi connectivity index (χ0v) is 21.6. The molecule has 0 saturated carbocycles. The van der Waals surface area contributed by atoms with E-state index in [2.05, 4.69) is 20.8 Å². The van der Waals surface area contributed by atoms with Gasteiger partial charge in [0.05, 0.1) is 18.5 Å². The maximum Gasteiger partial charge on any atom is 0.170 e. The van der Waals surface area contributed by atoms with Gasteiger partial charge >= 0.3 is 0 Å². The molecule has 3 heteroatoms. The Kier molecular flexibility index (Phi) is 23.3. The first kappa shape index (κ1) is 29.4. The van der Waals surface area contributed by atoms with E-state index in [-0.39, 0.29) is 0 Å². The van der Waals surface area contributed by atoms with Gasteiger partial charge in [-0.05, 0) is 32.6 Å². The van der Waals surface area contributed by atoms with Crippen molar-refractivity contribution >= 4 is 7.49 Å². The van der Waals surface area contributed by atoms with Crippen LogP contribution < -0.4 is 5.90 Å². The highest BCUT2D eigenvalue weighted by Gasteiger charge is 2.36. The third kappa shape index (κ3) is 18.8. The molecule has 0 radical (unpaired) electrons. The maximum absolute atomic E-state index is 5.81. The summed E-state index contributed by atoms with van der Waals surface area (Å²) in [5.41, 5.74) is 0. The van der Waals surface area contributed by atoms with E-state index in [1.165, 1.54) is 147 Å². The van der Waals surface area contributed by atoms with Crippen LogP contribution in [0.25, 0.3) is 0 Å². The summed E-state index contributed by atoms with van der Waals surface area (Å²) in [7, 11) is -1.33. The van der Waals surface area contributed by atoms with Crippen LogP contribution in [0.1, 0.15) is 149 Å². The van der Waals surface area contributed by atoms with Gasteiger partial charge in [0, 0.05) is 0 Å². The molecule has 0 aromatic rings. The van der Waals surface area contributed by atoms with Gasteiger partial charge < -0.3 is 0 Å². The van der Waals surface area contributed by atoms with Crippen LogP contribution in [0.2, 0.25) is 0 Å². The Balaban J connectivity index is 3.64. The maximum atomic E-state index is 5.81. The zero-order chi connectivity index (χ0) is 21.5. The SMILES string of the molecule is CCCCCCCCCCCC[P+](CC)(CCCCCCCCCCCC)ON. The molecule has 0 rings (SSSR count). The van der Waals surface area contributed by atoms with Crippen molar-refractivity contribution in [3.05, 3.63) is 0 Å². The average molecular weight is 431 g/mol. The predicted molar refractivity (Wildman–Crippen MR) is 136 cm³/mol. The van der Waals surface area contributed by atoms with Crippen molar-refractivity contribution < 1.29 is 4.62 Å². The lowest BCUT2D eigenvalue weighted by molar-refractivity contribution is 0.356. The van der Waals surface area contributed by atoms with E-state index in [9.17, 15) is 0 Å². The molecule has 0 aliphatic rings. The third-order valence-corrected chi connectivity index (χ3v) is 10.5. The second kappa shape index (κ2) is 23.0. The number of rotatable bonds is 24. The van der Waals surface area contributed by atoms with Crippen molar-refractivity contribution in [2.45, 2.75) is 149 Å². The van der Waals surface area contributed by atoms with Crippen LogP contribution in [0, 0.1) is 0 Å². The summed E-state index contributed by atoms with van der Waals surface area (Å²) in [4.78, 5) is 0. The molecule has 0 amide bonds. The normalized spacial score (nSPS) is 12.0. The molecule has 0 unspecified atom stereocenters. The fourth-order valence-corrected chi connectivity index (χ4v) is 7.20. The highest BCUT2D eigenvalue weighted by atomic mass is 31.2. The second-order valence-electron chi connectivity index (χ2n) is 9.29. The first-order chi connectivity index (χ1) is 14.2. The van der Waals surface area contributed by atoms with Gasteiger partial charge in [0.2, 0.25) is 0 Å². The number of hydrogen-bond acceptors (Lipinski definition) is 2. The molecular weight excluding hydrogens is 373 g/mol. The van der Waals surface area contributed by atoms with Crippen LogP contribution in [-0.4, -0.2) is 18.5 Å². The Morgan fingerprint density at radius 3 is 0.966 bits per heavy atom. The molecule has 0 aliphatic heterocycles. The number of hydrogen-bond donors (Lipinski definition) is 1. The Hall–Kier alpha value is 0.350. The Bertz CT molecular complexity index is 281. The predicted octanol–water partition coefficient (Wildman–Crippen LogP) is 9.67. The molecule has 0 bridgehead atoms. The summed E-state index contributed by atoms with van der Waals surface area (Å²) in [5.74, 6) is 5.81. The lowest BCUT2D eigenvalue weighted by Gasteiger charge is -2.22. The van der Waals surface area contributed by atoms with E-state index in [1.807, 2.05) is 0 Å². The van der Waals surface area contributed by atoms with Gasteiger partial charge in [0.25, 0.3) is 0 Å². The molecule has 0 aliphatic carbocycles. The minimum atomic E-state index is -1.33. The van der Waals surface area contributed by atoms with E-state index < -0.39 is 7.49 Å². The molecule has 0 saturated heterocycles. The van der Waals surface area contributed by atoms with Crippen LogP contribution in [0.15, 0.2) is 0 Å². The van der Waals surface area contributed by atoms with Crippen LogP contribution in [0.3, 0.4) is 0 Å². The monoisotopic (exact) mass is 430 g/mol. The Labute approximate surface area is 185 Å². The van der Waals surface area contributed by atoms with Crippen molar-refractivity contribution in [1.82, 2.24) is 0 Å². The van der Waals surface area contributed by atoms with Crippen LogP contribution in [-0.2, 0) is 4.62 Å². The lowest BCUT2D eigenvalue weighted by atomic mass is 10.1. The topological polar surface area (TPSA) is 35.2 Å². The molecule has 176 valence electrons. The van der Waals surface area contributed by atoms with Crippen molar-refractivity contribution in [2.24, 2.45) is 5.90 Å². The van der Waals surface area contributed by atoms with Gasteiger partial charge in [0.1, 0.15) is 0 Å².